The zero-order valence-corrected chi connectivity index (χ0v) is 17.5. The molecular formula is C21H23F2N3O3S. The summed E-state index contributed by atoms with van der Waals surface area (Å²) in [5.74, 6) is 0.238. The molecular weight excluding hydrogens is 412 g/mol. The number of nitrogens with one attached hydrogen (secondary N) is 1. The van der Waals surface area contributed by atoms with E-state index in [0.29, 0.717) is 6.54 Å². The molecule has 0 spiro atoms. The lowest BCUT2D eigenvalue weighted by Crippen LogP contribution is -2.36. The van der Waals surface area contributed by atoms with Crippen LogP contribution in [0.25, 0.3) is 0 Å². The number of benzene rings is 2. The molecule has 1 N–H and O–H groups in total. The number of nitrogens with zero attached hydrogens (tertiary/aromatic N) is 2. The second-order valence-electron chi connectivity index (χ2n) is 6.82. The lowest BCUT2D eigenvalue weighted by Gasteiger charge is -2.25. The van der Waals surface area contributed by atoms with Crippen LogP contribution in [0.3, 0.4) is 0 Å². The van der Waals surface area contributed by atoms with Crippen LogP contribution < -0.4 is 4.72 Å². The van der Waals surface area contributed by atoms with Gasteiger partial charge < -0.3 is 9.80 Å². The Kier molecular flexibility index (Phi) is 8.06. The van der Waals surface area contributed by atoms with Crippen molar-refractivity contribution in [1.29, 1.82) is 0 Å². The van der Waals surface area contributed by atoms with Crippen molar-refractivity contribution in [3.05, 3.63) is 65.2 Å². The fourth-order valence-electron chi connectivity index (χ4n) is 2.63. The zero-order chi connectivity index (χ0) is 22.3. The summed E-state index contributed by atoms with van der Waals surface area (Å²) >= 11 is 0. The summed E-state index contributed by atoms with van der Waals surface area (Å²) in [6.45, 7) is 0.482. The number of hydrogen-bond donors (Lipinski definition) is 1. The molecule has 9 heteroatoms. The van der Waals surface area contributed by atoms with Crippen molar-refractivity contribution >= 4 is 15.9 Å². The summed E-state index contributed by atoms with van der Waals surface area (Å²) in [5.41, 5.74) is 0.280. The van der Waals surface area contributed by atoms with E-state index in [1.165, 1.54) is 35.2 Å². The molecule has 30 heavy (non-hydrogen) atoms. The van der Waals surface area contributed by atoms with Crippen molar-refractivity contribution in [2.24, 2.45) is 0 Å². The maximum atomic E-state index is 14.1. The number of sulfonamides is 1. The number of likely N-dealkylation sites (N-methyl/N-ethyl adjacent to an activating group) is 1. The van der Waals surface area contributed by atoms with E-state index < -0.39 is 27.6 Å². The van der Waals surface area contributed by atoms with Gasteiger partial charge in [-0.15, -0.1) is 6.42 Å². The van der Waals surface area contributed by atoms with Crippen molar-refractivity contribution in [3.8, 4) is 12.3 Å². The second kappa shape index (κ2) is 10.3. The Hall–Kier alpha value is -2.80. The Balaban J connectivity index is 2.33. The highest BCUT2D eigenvalue weighted by Crippen LogP contribution is 2.17. The van der Waals surface area contributed by atoms with Gasteiger partial charge in [0.2, 0.25) is 10.0 Å². The molecule has 6 nitrogen and oxygen atoms in total. The Bertz CT molecular complexity index is 1050. The molecule has 0 bridgehead atoms. The third-order valence-electron chi connectivity index (χ3n) is 4.24. The maximum Gasteiger partial charge on any atom is 0.254 e. The zero-order valence-electron chi connectivity index (χ0n) is 16.7. The van der Waals surface area contributed by atoms with Gasteiger partial charge in [0, 0.05) is 36.8 Å². The van der Waals surface area contributed by atoms with E-state index in [0.717, 1.165) is 12.1 Å². The lowest BCUT2D eigenvalue weighted by molar-refractivity contribution is 0.0730. The van der Waals surface area contributed by atoms with E-state index in [1.807, 2.05) is 19.0 Å². The number of carbonyl (C=O) groups excluding carboxylic acids is 1. The summed E-state index contributed by atoms with van der Waals surface area (Å²) < 4.78 is 54.1. The Morgan fingerprint density at radius 3 is 2.50 bits per heavy atom. The van der Waals surface area contributed by atoms with Crippen LogP contribution in [0.4, 0.5) is 8.78 Å². The van der Waals surface area contributed by atoms with Crippen LogP contribution >= 0.6 is 0 Å². The van der Waals surface area contributed by atoms with Crippen LogP contribution in [-0.4, -0.2) is 57.9 Å². The number of rotatable bonds is 9. The van der Waals surface area contributed by atoms with Gasteiger partial charge in [-0.2, -0.15) is 4.72 Å². The van der Waals surface area contributed by atoms with Gasteiger partial charge in [0.05, 0.1) is 11.4 Å². The molecule has 0 saturated carbocycles. The summed E-state index contributed by atoms with van der Waals surface area (Å²) in [4.78, 5) is 16.2. The molecule has 0 aromatic heterocycles. The predicted molar refractivity (Wildman–Crippen MR) is 110 cm³/mol. The standard InChI is InChI=1S/C21H23F2N3O3S/c1-4-10-24-30(28,29)19-7-5-6-16(13-19)21(27)26(12-11-25(2)3)15-17-8-9-18(22)14-20(17)23/h1,5-9,13-14,24H,10-12,15H2,2-3H3. The summed E-state index contributed by atoms with van der Waals surface area (Å²) in [6.07, 6.45) is 5.09. The minimum atomic E-state index is -3.87. The molecule has 0 radical (unpaired) electrons. The highest BCUT2D eigenvalue weighted by atomic mass is 32.2. The topological polar surface area (TPSA) is 69.7 Å². The molecule has 0 fully saturated rings. The fraction of sp³-hybridized carbons (Fsp3) is 0.286. The third kappa shape index (κ3) is 6.35. The van der Waals surface area contributed by atoms with Gasteiger partial charge in [0.1, 0.15) is 11.6 Å². The highest BCUT2D eigenvalue weighted by molar-refractivity contribution is 7.89. The molecule has 0 aliphatic carbocycles. The van der Waals surface area contributed by atoms with Crippen molar-refractivity contribution in [3.63, 3.8) is 0 Å². The normalized spacial score (nSPS) is 11.3. The first-order chi connectivity index (χ1) is 14.1. The van der Waals surface area contributed by atoms with Crippen LogP contribution in [-0.2, 0) is 16.6 Å². The third-order valence-corrected chi connectivity index (χ3v) is 5.64. The first-order valence-corrected chi connectivity index (χ1v) is 10.5. The van der Waals surface area contributed by atoms with Crippen LogP contribution in [0.5, 0.6) is 0 Å². The summed E-state index contributed by atoms with van der Waals surface area (Å²) in [6, 6.07) is 8.67. The van der Waals surface area contributed by atoms with Crippen molar-refractivity contribution in [2.75, 3.05) is 33.7 Å². The molecule has 0 atom stereocenters. The molecule has 0 aliphatic heterocycles. The second-order valence-corrected chi connectivity index (χ2v) is 8.59. The molecule has 1 amide bonds. The van der Waals surface area contributed by atoms with Crippen LogP contribution in [0.15, 0.2) is 47.4 Å². The van der Waals surface area contributed by atoms with Gasteiger partial charge in [-0.3, -0.25) is 4.79 Å². The Morgan fingerprint density at radius 1 is 1.13 bits per heavy atom. The predicted octanol–water partition coefficient (Wildman–Crippen LogP) is 2.08. The minimum Gasteiger partial charge on any atom is -0.333 e. The van der Waals surface area contributed by atoms with Crippen molar-refractivity contribution < 1.29 is 22.0 Å². The van der Waals surface area contributed by atoms with E-state index >= 15 is 0 Å². The minimum absolute atomic E-state index is 0.0922. The van der Waals surface area contributed by atoms with E-state index in [2.05, 4.69) is 10.6 Å². The average molecular weight is 435 g/mol. The van der Waals surface area contributed by atoms with E-state index in [1.54, 1.807) is 0 Å². The smallest absolute Gasteiger partial charge is 0.254 e. The number of amides is 1. The summed E-state index contributed by atoms with van der Waals surface area (Å²) in [5, 5.41) is 0. The van der Waals surface area contributed by atoms with Gasteiger partial charge in [0.25, 0.3) is 5.91 Å². The van der Waals surface area contributed by atoms with Crippen LogP contribution in [0.1, 0.15) is 15.9 Å². The van der Waals surface area contributed by atoms with Crippen molar-refractivity contribution in [2.45, 2.75) is 11.4 Å². The van der Waals surface area contributed by atoms with E-state index in [-0.39, 0.29) is 35.7 Å². The van der Waals surface area contributed by atoms with Gasteiger partial charge in [-0.1, -0.05) is 18.1 Å². The molecule has 0 heterocycles. The average Bonchev–Trinajstić information content (AvgIpc) is 2.70. The molecule has 0 unspecified atom stereocenters. The summed E-state index contributed by atoms with van der Waals surface area (Å²) in [7, 11) is -0.224. The van der Waals surface area contributed by atoms with Crippen molar-refractivity contribution in [1.82, 2.24) is 14.5 Å². The molecule has 2 rings (SSSR count). The first kappa shape index (κ1) is 23.5. The van der Waals surface area contributed by atoms with Crippen LogP contribution in [0.2, 0.25) is 0 Å². The number of carbonyl (C=O) groups is 1. The van der Waals surface area contributed by atoms with Gasteiger partial charge in [-0.05, 0) is 38.4 Å². The molecule has 0 saturated heterocycles. The fourth-order valence-corrected chi connectivity index (χ4v) is 3.61. The van der Waals surface area contributed by atoms with E-state index in [4.69, 9.17) is 6.42 Å². The van der Waals surface area contributed by atoms with Gasteiger partial charge >= 0.3 is 0 Å². The molecule has 160 valence electrons. The Morgan fingerprint density at radius 2 is 1.87 bits per heavy atom. The first-order valence-electron chi connectivity index (χ1n) is 9.05. The highest BCUT2D eigenvalue weighted by Gasteiger charge is 2.21. The quantitative estimate of drug-likeness (QED) is 0.613. The SMILES string of the molecule is C#CCNS(=O)(=O)c1cccc(C(=O)N(CCN(C)C)Cc2ccc(F)cc2F)c1. The number of terminal acetylenes is 1. The van der Waals surface area contributed by atoms with Gasteiger partial charge in [0.15, 0.2) is 0 Å². The van der Waals surface area contributed by atoms with E-state index in [9.17, 15) is 22.0 Å². The monoisotopic (exact) mass is 435 g/mol. The molecule has 0 aliphatic rings. The Labute approximate surface area is 175 Å². The van der Waals surface area contributed by atoms with Gasteiger partial charge in [-0.25, -0.2) is 17.2 Å². The molecule has 2 aromatic rings. The lowest BCUT2D eigenvalue weighted by atomic mass is 10.1. The maximum absolute atomic E-state index is 14.1. The number of halogens is 2. The molecule has 2 aromatic carbocycles. The van der Waals surface area contributed by atoms with Crippen LogP contribution in [0, 0.1) is 24.0 Å². The largest absolute Gasteiger partial charge is 0.333 e. The number of hydrogen-bond acceptors (Lipinski definition) is 4.